The lowest BCUT2D eigenvalue weighted by Gasteiger charge is -2.38. The fraction of sp³-hybridized carbons (Fsp3) is 0.500. The molecule has 6 nitrogen and oxygen atoms in total. The third-order valence-electron chi connectivity index (χ3n) is 4.12. The number of fused-ring (bicyclic) bond motifs is 1. The van der Waals surface area contributed by atoms with E-state index in [-0.39, 0.29) is 36.3 Å². The number of carbonyl (C=O) groups is 2. The number of rotatable bonds is 2. The second kappa shape index (κ2) is 5.31. The summed E-state index contributed by atoms with van der Waals surface area (Å²) in [4.78, 5) is 28.8. The fourth-order valence-electron chi connectivity index (χ4n) is 3.05. The molecule has 1 aliphatic heterocycles. The molecule has 0 radical (unpaired) electrons. The van der Waals surface area contributed by atoms with Gasteiger partial charge in [0.2, 0.25) is 11.8 Å². The smallest absolute Gasteiger partial charge is 0.265 e. The standard InChI is InChI=1S/C14H16FN3O3/c15-9-5-11-14(17-6-9)21-7-12(19)18(11)10-3-1-8(2-4-10)13(16)20/h5-6,8,10H,1-4,7H2,(H2,16,20). The number of nitrogens with zero attached hydrogens (tertiary/aromatic N) is 2. The second-order valence-corrected chi connectivity index (χ2v) is 5.44. The van der Waals surface area contributed by atoms with Gasteiger partial charge in [0.1, 0.15) is 11.5 Å². The summed E-state index contributed by atoms with van der Waals surface area (Å²) in [6, 6.07) is 1.19. The maximum absolute atomic E-state index is 13.4. The lowest BCUT2D eigenvalue weighted by Crippen LogP contribution is -2.48. The van der Waals surface area contributed by atoms with E-state index in [2.05, 4.69) is 4.98 Å². The van der Waals surface area contributed by atoms with Gasteiger partial charge in [0.25, 0.3) is 5.91 Å². The van der Waals surface area contributed by atoms with Gasteiger partial charge in [-0.05, 0) is 25.7 Å². The number of primary amides is 1. The molecule has 2 aliphatic rings. The molecule has 1 aliphatic carbocycles. The number of amides is 2. The van der Waals surface area contributed by atoms with E-state index < -0.39 is 5.82 Å². The molecule has 0 atom stereocenters. The lowest BCUT2D eigenvalue weighted by atomic mass is 9.84. The van der Waals surface area contributed by atoms with Crippen LogP contribution in [-0.4, -0.2) is 29.4 Å². The van der Waals surface area contributed by atoms with Gasteiger partial charge >= 0.3 is 0 Å². The van der Waals surface area contributed by atoms with E-state index in [1.165, 1.54) is 6.07 Å². The fourth-order valence-corrected chi connectivity index (χ4v) is 3.05. The van der Waals surface area contributed by atoms with Crippen LogP contribution in [0.2, 0.25) is 0 Å². The van der Waals surface area contributed by atoms with E-state index in [0.29, 0.717) is 31.4 Å². The highest BCUT2D eigenvalue weighted by Gasteiger charge is 2.36. The van der Waals surface area contributed by atoms with Crippen molar-refractivity contribution in [2.24, 2.45) is 11.7 Å². The van der Waals surface area contributed by atoms with Crippen LogP contribution in [0.1, 0.15) is 25.7 Å². The molecular weight excluding hydrogens is 277 g/mol. The zero-order chi connectivity index (χ0) is 15.0. The molecule has 1 fully saturated rings. The predicted octanol–water partition coefficient (Wildman–Crippen LogP) is 0.990. The molecule has 2 heterocycles. The van der Waals surface area contributed by atoms with Crippen LogP contribution < -0.4 is 15.4 Å². The number of aromatic nitrogens is 1. The first-order valence-electron chi connectivity index (χ1n) is 6.96. The Morgan fingerprint density at radius 2 is 2.10 bits per heavy atom. The van der Waals surface area contributed by atoms with Crippen LogP contribution in [-0.2, 0) is 9.59 Å². The summed E-state index contributed by atoms with van der Waals surface area (Å²) >= 11 is 0. The van der Waals surface area contributed by atoms with Crippen LogP contribution in [0.5, 0.6) is 5.88 Å². The molecule has 0 aromatic carbocycles. The second-order valence-electron chi connectivity index (χ2n) is 5.44. The van der Waals surface area contributed by atoms with Gasteiger partial charge in [-0.1, -0.05) is 0 Å². The minimum atomic E-state index is -0.511. The van der Waals surface area contributed by atoms with E-state index in [9.17, 15) is 14.0 Å². The average molecular weight is 293 g/mol. The molecule has 1 saturated carbocycles. The Hall–Kier alpha value is -2.18. The van der Waals surface area contributed by atoms with Crippen molar-refractivity contribution in [3.63, 3.8) is 0 Å². The average Bonchev–Trinajstić information content (AvgIpc) is 2.47. The molecule has 0 unspecified atom stereocenters. The van der Waals surface area contributed by atoms with Crippen molar-refractivity contribution < 1.29 is 18.7 Å². The Balaban J connectivity index is 1.84. The third kappa shape index (κ3) is 2.55. The van der Waals surface area contributed by atoms with Crippen LogP contribution >= 0.6 is 0 Å². The third-order valence-corrected chi connectivity index (χ3v) is 4.12. The number of pyridine rings is 1. The first-order chi connectivity index (χ1) is 10.1. The molecule has 0 bridgehead atoms. The predicted molar refractivity (Wildman–Crippen MR) is 72.1 cm³/mol. The normalized spacial score (nSPS) is 25.2. The van der Waals surface area contributed by atoms with Crippen molar-refractivity contribution in [3.05, 3.63) is 18.1 Å². The van der Waals surface area contributed by atoms with Crippen molar-refractivity contribution in [1.82, 2.24) is 4.98 Å². The monoisotopic (exact) mass is 293 g/mol. The van der Waals surface area contributed by atoms with E-state index in [4.69, 9.17) is 10.5 Å². The summed E-state index contributed by atoms with van der Waals surface area (Å²) in [6.45, 7) is -0.0959. The first kappa shape index (κ1) is 13.8. The van der Waals surface area contributed by atoms with Gasteiger partial charge in [-0.2, -0.15) is 0 Å². The van der Waals surface area contributed by atoms with Gasteiger partial charge in [0, 0.05) is 18.0 Å². The molecule has 3 rings (SSSR count). The maximum atomic E-state index is 13.4. The molecule has 2 N–H and O–H groups in total. The largest absolute Gasteiger partial charge is 0.466 e. The van der Waals surface area contributed by atoms with Crippen LogP contribution in [0, 0.1) is 11.7 Å². The van der Waals surface area contributed by atoms with Crippen molar-refractivity contribution in [2.75, 3.05) is 11.5 Å². The van der Waals surface area contributed by atoms with E-state index in [1.54, 1.807) is 4.90 Å². The lowest BCUT2D eigenvalue weighted by molar-refractivity contribution is -0.123. The number of hydrogen-bond acceptors (Lipinski definition) is 4. The van der Waals surface area contributed by atoms with Crippen molar-refractivity contribution in [3.8, 4) is 5.88 Å². The van der Waals surface area contributed by atoms with Gasteiger partial charge in [-0.15, -0.1) is 0 Å². The Kier molecular flexibility index (Phi) is 3.48. The van der Waals surface area contributed by atoms with Gasteiger partial charge in [0.15, 0.2) is 6.61 Å². The number of carbonyl (C=O) groups excluding carboxylic acids is 2. The van der Waals surface area contributed by atoms with Gasteiger partial charge in [-0.25, -0.2) is 9.37 Å². The summed E-state index contributed by atoms with van der Waals surface area (Å²) in [6.07, 6.45) is 3.67. The Bertz CT molecular complexity index is 585. The number of hydrogen-bond donors (Lipinski definition) is 1. The molecule has 21 heavy (non-hydrogen) atoms. The molecule has 0 saturated heterocycles. The zero-order valence-electron chi connectivity index (χ0n) is 11.4. The Labute approximate surface area is 121 Å². The maximum Gasteiger partial charge on any atom is 0.265 e. The molecule has 0 spiro atoms. The van der Waals surface area contributed by atoms with Crippen LogP contribution in [0.4, 0.5) is 10.1 Å². The summed E-state index contributed by atoms with van der Waals surface area (Å²) in [5, 5.41) is 0. The first-order valence-corrected chi connectivity index (χ1v) is 6.96. The highest BCUT2D eigenvalue weighted by Crippen LogP contribution is 2.36. The van der Waals surface area contributed by atoms with Gasteiger partial charge in [-0.3, -0.25) is 9.59 Å². The topological polar surface area (TPSA) is 85.5 Å². The molecule has 7 heteroatoms. The molecular formula is C14H16FN3O3. The number of anilines is 1. The van der Waals surface area contributed by atoms with Crippen molar-refractivity contribution in [1.29, 1.82) is 0 Å². The number of ether oxygens (including phenoxy) is 1. The molecule has 112 valence electrons. The van der Waals surface area contributed by atoms with Crippen LogP contribution in [0.25, 0.3) is 0 Å². The minimum absolute atomic E-state index is 0.0700. The highest BCUT2D eigenvalue weighted by atomic mass is 19.1. The highest BCUT2D eigenvalue weighted by molar-refractivity contribution is 5.98. The molecule has 1 aromatic heterocycles. The summed E-state index contributed by atoms with van der Waals surface area (Å²) in [7, 11) is 0. The Morgan fingerprint density at radius 1 is 1.38 bits per heavy atom. The van der Waals surface area contributed by atoms with E-state index in [1.807, 2.05) is 0 Å². The van der Waals surface area contributed by atoms with Crippen molar-refractivity contribution >= 4 is 17.5 Å². The van der Waals surface area contributed by atoms with Crippen LogP contribution in [0.3, 0.4) is 0 Å². The van der Waals surface area contributed by atoms with Crippen molar-refractivity contribution in [2.45, 2.75) is 31.7 Å². The minimum Gasteiger partial charge on any atom is -0.466 e. The van der Waals surface area contributed by atoms with Gasteiger partial charge < -0.3 is 15.4 Å². The zero-order valence-corrected chi connectivity index (χ0v) is 11.4. The van der Waals surface area contributed by atoms with E-state index >= 15 is 0 Å². The molecule has 1 aromatic rings. The van der Waals surface area contributed by atoms with Crippen LogP contribution in [0.15, 0.2) is 12.3 Å². The molecule has 2 amide bonds. The summed E-state index contributed by atoms with van der Waals surface area (Å²) < 4.78 is 18.6. The van der Waals surface area contributed by atoms with Gasteiger partial charge in [0.05, 0.1) is 6.20 Å². The number of halogens is 1. The summed E-state index contributed by atoms with van der Waals surface area (Å²) in [5.41, 5.74) is 5.68. The summed E-state index contributed by atoms with van der Waals surface area (Å²) in [5.74, 6) is -0.884. The number of nitrogens with two attached hydrogens (primary N) is 1. The van der Waals surface area contributed by atoms with E-state index in [0.717, 1.165) is 6.20 Å². The Morgan fingerprint density at radius 3 is 2.76 bits per heavy atom. The quantitative estimate of drug-likeness (QED) is 0.881. The SMILES string of the molecule is NC(=O)C1CCC(N2C(=O)COc3ncc(F)cc32)CC1.